The Morgan fingerprint density at radius 1 is 1.47 bits per heavy atom. The van der Waals surface area contributed by atoms with Gasteiger partial charge < -0.3 is 0 Å². The molecule has 0 aliphatic carbocycles. The van der Waals surface area contributed by atoms with Crippen LogP contribution in [0.25, 0.3) is 0 Å². The minimum Gasteiger partial charge on any atom is -0.271 e. The van der Waals surface area contributed by atoms with Crippen LogP contribution in [0.1, 0.15) is 24.9 Å². The van der Waals surface area contributed by atoms with Gasteiger partial charge in [0.2, 0.25) is 0 Å². The number of nitrogens with two attached hydrogens (primary N) is 1. The number of hydrogen-bond acceptors (Lipinski definition) is 2. The molecule has 3 N–H and O–H groups in total. The molecule has 82 valence electrons. The smallest absolute Gasteiger partial charge is 0.0526 e. The molecule has 1 unspecified atom stereocenters. The highest BCUT2D eigenvalue weighted by Gasteiger charge is 2.16. The molecule has 1 aromatic carbocycles. The summed E-state index contributed by atoms with van der Waals surface area (Å²) < 4.78 is 0. The van der Waals surface area contributed by atoms with Gasteiger partial charge in [0.05, 0.1) is 6.04 Å². The quantitative estimate of drug-likeness (QED) is 0.484. The van der Waals surface area contributed by atoms with Gasteiger partial charge >= 0.3 is 0 Å². The molecule has 0 heterocycles. The van der Waals surface area contributed by atoms with Crippen LogP contribution in [-0.4, -0.2) is 0 Å². The van der Waals surface area contributed by atoms with Crippen LogP contribution in [0.3, 0.4) is 0 Å². The van der Waals surface area contributed by atoms with E-state index in [4.69, 9.17) is 29.0 Å². The number of halogens is 2. The van der Waals surface area contributed by atoms with Gasteiger partial charge in [-0.15, -0.1) is 6.58 Å². The first-order valence-corrected chi connectivity index (χ1v) is 5.36. The summed E-state index contributed by atoms with van der Waals surface area (Å²) >= 11 is 12.2. The third-order valence-corrected chi connectivity index (χ3v) is 2.76. The highest BCUT2D eigenvalue weighted by molar-refractivity contribution is 6.36. The zero-order valence-electron chi connectivity index (χ0n) is 8.56. The first-order chi connectivity index (χ1) is 7.06. The Bertz CT molecular complexity index is 343. The average molecular weight is 245 g/mol. The van der Waals surface area contributed by atoms with Gasteiger partial charge in [-0.3, -0.25) is 11.3 Å². The van der Waals surface area contributed by atoms with Crippen molar-refractivity contribution in [1.29, 1.82) is 0 Å². The van der Waals surface area contributed by atoms with Crippen LogP contribution in [0, 0.1) is 0 Å². The predicted molar refractivity (Wildman–Crippen MR) is 66.0 cm³/mol. The number of benzene rings is 1. The van der Waals surface area contributed by atoms with E-state index in [0.717, 1.165) is 11.1 Å². The van der Waals surface area contributed by atoms with E-state index >= 15 is 0 Å². The lowest BCUT2D eigenvalue weighted by Crippen LogP contribution is -2.28. The lowest BCUT2D eigenvalue weighted by molar-refractivity contribution is 0.550. The fourth-order valence-corrected chi connectivity index (χ4v) is 2.10. The minimum atomic E-state index is -0.0938. The summed E-state index contributed by atoms with van der Waals surface area (Å²) in [5.41, 5.74) is 4.55. The Morgan fingerprint density at radius 3 is 2.40 bits per heavy atom. The van der Waals surface area contributed by atoms with E-state index < -0.39 is 0 Å². The van der Waals surface area contributed by atoms with E-state index in [2.05, 4.69) is 12.0 Å². The fourth-order valence-electron chi connectivity index (χ4n) is 1.44. The average Bonchev–Trinajstić information content (AvgIpc) is 2.15. The third-order valence-electron chi connectivity index (χ3n) is 2.10. The molecule has 2 nitrogen and oxygen atoms in total. The maximum absolute atomic E-state index is 6.08. The van der Waals surface area contributed by atoms with Crippen molar-refractivity contribution in [3.63, 3.8) is 0 Å². The molecule has 1 rings (SSSR count). The van der Waals surface area contributed by atoms with Gasteiger partial charge in [0.15, 0.2) is 0 Å². The maximum Gasteiger partial charge on any atom is 0.0526 e. The van der Waals surface area contributed by atoms with E-state index in [1.165, 1.54) is 0 Å². The topological polar surface area (TPSA) is 38.0 Å². The molecule has 15 heavy (non-hydrogen) atoms. The monoisotopic (exact) mass is 244 g/mol. The molecular formula is C11H14Cl2N2. The predicted octanol–water partition coefficient (Wildman–Crippen LogP) is 3.46. The summed E-state index contributed by atoms with van der Waals surface area (Å²) in [5.74, 6) is 5.48. The molecule has 0 amide bonds. The van der Waals surface area contributed by atoms with Gasteiger partial charge in [0.25, 0.3) is 0 Å². The van der Waals surface area contributed by atoms with Crippen molar-refractivity contribution in [2.75, 3.05) is 0 Å². The summed E-state index contributed by atoms with van der Waals surface area (Å²) in [7, 11) is 0. The van der Waals surface area contributed by atoms with E-state index in [1.807, 2.05) is 13.0 Å². The van der Waals surface area contributed by atoms with Crippen molar-refractivity contribution in [3.8, 4) is 0 Å². The van der Waals surface area contributed by atoms with Crippen LogP contribution >= 0.6 is 23.2 Å². The molecule has 1 aromatic rings. The van der Waals surface area contributed by atoms with Crippen LogP contribution in [0.5, 0.6) is 0 Å². The lowest BCUT2D eigenvalue weighted by atomic mass is 10.0. The molecule has 0 saturated heterocycles. The van der Waals surface area contributed by atoms with Crippen molar-refractivity contribution >= 4 is 23.2 Å². The van der Waals surface area contributed by atoms with Crippen LogP contribution in [0.2, 0.25) is 10.0 Å². The zero-order valence-corrected chi connectivity index (χ0v) is 10.1. The summed E-state index contributed by atoms with van der Waals surface area (Å²) in [6, 6.07) is 5.31. The fraction of sp³-hybridized carbons (Fsp3) is 0.273. The van der Waals surface area contributed by atoms with Crippen molar-refractivity contribution in [2.45, 2.75) is 19.4 Å². The van der Waals surface area contributed by atoms with E-state index in [0.29, 0.717) is 16.5 Å². The van der Waals surface area contributed by atoms with Gasteiger partial charge in [-0.1, -0.05) is 34.8 Å². The summed E-state index contributed by atoms with van der Waals surface area (Å²) in [5, 5.41) is 1.23. The summed E-state index contributed by atoms with van der Waals surface area (Å²) in [4.78, 5) is 0. The van der Waals surface area contributed by atoms with E-state index in [1.54, 1.807) is 12.1 Å². The first kappa shape index (κ1) is 12.5. The Balaban J connectivity index is 3.05. The van der Waals surface area contributed by atoms with Crippen molar-refractivity contribution in [3.05, 3.63) is 46.0 Å². The SMILES string of the molecule is C=C(C)CC(NN)c1c(Cl)cccc1Cl. The third kappa shape index (κ3) is 3.21. The molecule has 1 atom stereocenters. The van der Waals surface area contributed by atoms with E-state index in [9.17, 15) is 0 Å². The number of hydrogen-bond donors (Lipinski definition) is 2. The van der Waals surface area contributed by atoms with Gasteiger partial charge in [-0.25, -0.2) is 0 Å². The minimum absolute atomic E-state index is 0.0938. The molecule has 0 aromatic heterocycles. The lowest BCUT2D eigenvalue weighted by Gasteiger charge is -2.18. The maximum atomic E-state index is 6.08. The highest BCUT2D eigenvalue weighted by atomic mass is 35.5. The summed E-state index contributed by atoms with van der Waals surface area (Å²) in [6.07, 6.45) is 0.708. The largest absolute Gasteiger partial charge is 0.271 e. The Morgan fingerprint density at radius 2 is 2.00 bits per heavy atom. The second-order valence-electron chi connectivity index (χ2n) is 3.52. The normalized spacial score (nSPS) is 12.5. The second-order valence-corrected chi connectivity index (χ2v) is 4.33. The number of rotatable bonds is 4. The highest BCUT2D eigenvalue weighted by Crippen LogP contribution is 2.32. The van der Waals surface area contributed by atoms with Crippen LogP contribution in [-0.2, 0) is 0 Å². The van der Waals surface area contributed by atoms with Crippen molar-refractivity contribution in [2.24, 2.45) is 5.84 Å². The van der Waals surface area contributed by atoms with Gasteiger partial charge in [-0.2, -0.15) is 0 Å². The molecule has 0 saturated carbocycles. The van der Waals surface area contributed by atoms with Gasteiger partial charge in [0, 0.05) is 15.6 Å². The molecule has 0 spiro atoms. The Hall–Kier alpha value is -0.540. The van der Waals surface area contributed by atoms with Gasteiger partial charge in [-0.05, 0) is 25.5 Å². The Kier molecular flexibility index (Phi) is 4.61. The standard InChI is InChI=1S/C11H14Cl2N2/c1-7(2)6-10(15-14)11-8(12)4-3-5-9(11)13/h3-5,10,15H,1,6,14H2,2H3. The van der Waals surface area contributed by atoms with Crippen LogP contribution < -0.4 is 11.3 Å². The van der Waals surface area contributed by atoms with Crippen molar-refractivity contribution < 1.29 is 0 Å². The van der Waals surface area contributed by atoms with Crippen LogP contribution in [0.15, 0.2) is 30.4 Å². The summed E-state index contributed by atoms with van der Waals surface area (Å²) in [6.45, 7) is 5.79. The van der Waals surface area contributed by atoms with Crippen LogP contribution in [0.4, 0.5) is 0 Å². The number of nitrogens with one attached hydrogen (secondary N) is 1. The first-order valence-electron chi connectivity index (χ1n) is 4.60. The number of hydrazine groups is 1. The van der Waals surface area contributed by atoms with Crippen molar-refractivity contribution in [1.82, 2.24) is 5.43 Å². The molecule has 0 radical (unpaired) electrons. The van der Waals surface area contributed by atoms with E-state index in [-0.39, 0.29) is 6.04 Å². The zero-order chi connectivity index (χ0) is 11.4. The Labute approximate surface area is 100 Å². The molecule has 4 heteroatoms. The molecule has 0 bridgehead atoms. The molecule has 0 aliphatic rings. The molecule has 0 fully saturated rings. The molecule has 0 aliphatic heterocycles. The van der Waals surface area contributed by atoms with Gasteiger partial charge in [0.1, 0.15) is 0 Å². The second kappa shape index (κ2) is 5.52. The molecular weight excluding hydrogens is 231 g/mol.